The van der Waals surface area contributed by atoms with E-state index in [1.54, 1.807) is 35.2 Å². The van der Waals surface area contributed by atoms with Crippen LogP contribution in [-0.2, 0) is 16.6 Å². The second-order valence-electron chi connectivity index (χ2n) is 6.47. The van der Waals surface area contributed by atoms with Crippen molar-refractivity contribution in [3.63, 3.8) is 0 Å². The summed E-state index contributed by atoms with van der Waals surface area (Å²) in [5.74, 6) is 1.72. The zero-order valence-electron chi connectivity index (χ0n) is 16.5. The van der Waals surface area contributed by atoms with Gasteiger partial charge in [0.2, 0.25) is 27.8 Å². The quantitative estimate of drug-likeness (QED) is 0.534. The van der Waals surface area contributed by atoms with Gasteiger partial charge in [0.05, 0.1) is 35.9 Å². The second-order valence-corrected chi connectivity index (χ2v) is 8.66. The van der Waals surface area contributed by atoms with E-state index in [4.69, 9.17) is 16.3 Å². The van der Waals surface area contributed by atoms with Gasteiger partial charge in [-0.15, -0.1) is 0 Å². The molecular formula is C18H20ClN7O3S. The van der Waals surface area contributed by atoms with Gasteiger partial charge in [-0.3, -0.25) is 4.72 Å². The number of benzene rings is 1. The molecule has 0 aliphatic carbocycles. The first-order chi connectivity index (χ1) is 14.2. The van der Waals surface area contributed by atoms with Gasteiger partial charge in [0.1, 0.15) is 5.75 Å². The van der Waals surface area contributed by atoms with Crippen LogP contribution in [0.25, 0.3) is 0 Å². The molecule has 0 saturated carbocycles. The fraction of sp³-hybridized carbons (Fsp3) is 0.222. The van der Waals surface area contributed by atoms with Crippen molar-refractivity contribution in [1.82, 2.24) is 19.9 Å². The fourth-order valence-electron chi connectivity index (χ4n) is 2.30. The Kier molecular flexibility index (Phi) is 6.53. The molecule has 0 unspecified atom stereocenters. The van der Waals surface area contributed by atoms with Gasteiger partial charge in [0.25, 0.3) is 0 Å². The highest BCUT2D eigenvalue weighted by Gasteiger charge is 2.10. The summed E-state index contributed by atoms with van der Waals surface area (Å²) in [6, 6.07) is 8.18. The average Bonchev–Trinajstić information content (AvgIpc) is 2.68. The van der Waals surface area contributed by atoms with E-state index in [1.165, 1.54) is 12.4 Å². The maximum atomic E-state index is 11.3. The number of hydrogen-bond donors (Lipinski definition) is 2. The molecule has 0 fully saturated rings. The zero-order valence-corrected chi connectivity index (χ0v) is 18.1. The summed E-state index contributed by atoms with van der Waals surface area (Å²) in [6.07, 6.45) is 4.09. The topological polar surface area (TPSA) is 122 Å². The molecule has 0 bridgehead atoms. The highest BCUT2D eigenvalue weighted by molar-refractivity contribution is 7.92. The van der Waals surface area contributed by atoms with Crippen molar-refractivity contribution in [3.05, 3.63) is 53.4 Å². The average molecular weight is 450 g/mol. The number of halogens is 1. The molecule has 0 spiro atoms. The van der Waals surface area contributed by atoms with Crippen LogP contribution in [0.5, 0.6) is 11.6 Å². The van der Waals surface area contributed by atoms with Crippen LogP contribution in [0.2, 0.25) is 5.02 Å². The first kappa shape index (κ1) is 21.5. The van der Waals surface area contributed by atoms with E-state index in [9.17, 15) is 8.42 Å². The van der Waals surface area contributed by atoms with Crippen molar-refractivity contribution in [3.8, 4) is 11.6 Å². The van der Waals surface area contributed by atoms with E-state index >= 15 is 0 Å². The third kappa shape index (κ3) is 6.42. The summed E-state index contributed by atoms with van der Waals surface area (Å²) in [6.45, 7) is 0.346. The van der Waals surface area contributed by atoms with Gasteiger partial charge in [-0.2, -0.15) is 4.98 Å². The number of nitrogens with zero attached hydrogens (tertiary/aromatic N) is 5. The van der Waals surface area contributed by atoms with Crippen molar-refractivity contribution >= 4 is 39.2 Å². The maximum absolute atomic E-state index is 11.3. The molecular weight excluding hydrogens is 430 g/mol. The van der Waals surface area contributed by atoms with Crippen LogP contribution >= 0.6 is 11.6 Å². The van der Waals surface area contributed by atoms with Crippen LogP contribution < -0.4 is 19.7 Å². The summed E-state index contributed by atoms with van der Waals surface area (Å²) >= 11 is 5.79. The Bertz CT molecular complexity index is 1110. The highest BCUT2D eigenvalue weighted by atomic mass is 35.5. The van der Waals surface area contributed by atoms with E-state index in [-0.39, 0.29) is 0 Å². The molecule has 2 aromatic heterocycles. The zero-order chi connectivity index (χ0) is 21.7. The van der Waals surface area contributed by atoms with Crippen molar-refractivity contribution in [2.24, 2.45) is 0 Å². The third-order valence-electron chi connectivity index (χ3n) is 3.57. The first-order valence-corrected chi connectivity index (χ1v) is 11.0. The van der Waals surface area contributed by atoms with Crippen LogP contribution in [0, 0.1) is 0 Å². The minimum absolute atomic E-state index is 0.339. The van der Waals surface area contributed by atoms with E-state index in [1.807, 2.05) is 14.1 Å². The summed E-state index contributed by atoms with van der Waals surface area (Å²) < 4.78 is 30.8. The van der Waals surface area contributed by atoms with Gasteiger partial charge in [-0.1, -0.05) is 11.6 Å². The Balaban J connectivity index is 1.76. The Morgan fingerprint density at radius 3 is 2.37 bits per heavy atom. The number of aromatic nitrogens is 4. The lowest BCUT2D eigenvalue weighted by atomic mass is 10.3. The number of hydrogen-bond acceptors (Lipinski definition) is 9. The molecule has 10 nitrogen and oxygen atoms in total. The van der Waals surface area contributed by atoms with Gasteiger partial charge in [0.15, 0.2) is 0 Å². The maximum Gasteiger partial charge on any atom is 0.229 e. The molecule has 0 amide bonds. The van der Waals surface area contributed by atoms with Gasteiger partial charge >= 0.3 is 0 Å². The van der Waals surface area contributed by atoms with Crippen LogP contribution in [0.3, 0.4) is 0 Å². The van der Waals surface area contributed by atoms with Crippen molar-refractivity contribution in [2.75, 3.05) is 35.3 Å². The first-order valence-electron chi connectivity index (χ1n) is 8.70. The highest BCUT2D eigenvalue weighted by Crippen LogP contribution is 2.24. The Labute approximate surface area is 179 Å². The van der Waals surface area contributed by atoms with Crippen molar-refractivity contribution in [2.45, 2.75) is 6.54 Å². The predicted octanol–water partition coefficient (Wildman–Crippen LogP) is 2.76. The predicted molar refractivity (Wildman–Crippen MR) is 116 cm³/mol. The lowest BCUT2D eigenvalue weighted by molar-refractivity contribution is 0.460. The van der Waals surface area contributed by atoms with Crippen molar-refractivity contribution < 1.29 is 13.2 Å². The van der Waals surface area contributed by atoms with E-state index < -0.39 is 10.0 Å². The molecule has 30 heavy (non-hydrogen) atoms. The van der Waals surface area contributed by atoms with Crippen LogP contribution in [0.1, 0.15) is 5.69 Å². The largest absolute Gasteiger partial charge is 0.439 e. The number of nitrogens with one attached hydrogen (secondary N) is 2. The fourth-order valence-corrected chi connectivity index (χ4v) is 2.96. The second kappa shape index (κ2) is 9.09. The normalized spacial score (nSPS) is 11.1. The smallest absolute Gasteiger partial charge is 0.229 e. The molecule has 3 aromatic rings. The molecule has 0 saturated heterocycles. The Morgan fingerprint density at radius 2 is 1.77 bits per heavy atom. The summed E-state index contributed by atoms with van der Waals surface area (Å²) in [4.78, 5) is 18.8. The van der Waals surface area contributed by atoms with E-state index in [0.717, 1.165) is 6.26 Å². The monoisotopic (exact) mass is 449 g/mol. The third-order valence-corrected chi connectivity index (χ3v) is 4.37. The minimum Gasteiger partial charge on any atom is -0.439 e. The lowest BCUT2D eigenvalue weighted by Gasteiger charge is -2.14. The van der Waals surface area contributed by atoms with Crippen LogP contribution in [-0.4, -0.2) is 48.7 Å². The van der Waals surface area contributed by atoms with Crippen LogP contribution in [0.15, 0.2) is 42.7 Å². The summed E-state index contributed by atoms with van der Waals surface area (Å²) in [5, 5.41) is 3.51. The molecule has 2 N–H and O–H groups in total. The Morgan fingerprint density at radius 1 is 1.10 bits per heavy atom. The molecule has 3 rings (SSSR count). The number of sulfonamides is 1. The van der Waals surface area contributed by atoms with Gasteiger partial charge in [0, 0.05) is 25.8 Å². The lowest BCUT2D eigenvalue weighted by Crippen LogP contribution is -2.15. The minimum atomic E-state index is -3.34. The summed E-state index contributed by atoms with van der Waals surface area (Å²) in [5.41, 5.74) is 1.10. The molecule has 12 heteroatoms. The van der Waals surface area contributed by atoms with Gasteiger partial charge < -0.3 is 15.0 Å². The van der Waals surface area contributed by atoms with E-state index in [0.29, 0.717) is 46.5 Å². The van der Waals surface area contributed by atoms with Crippen molar-refractivity contribution in [1.29, 1.82) is 0 Å². The standard InChI is InChI=1S/C18H20ClN7O3S/c1-26(2)18-23-14(11-22-17-20-9-12(19)10-21-17)8-16(24-18)29-15-6-4-13(5-7-15)25-30(3,27)28/h4-10,25H,11H2,1-3H3,(H,20,21,22). The van der Waals surface area contributed by atoms with Gasteiger partial charge in [-0.05, 0) is 24.3 Å². The van der Waals surface area contributed by atoms with Gasteiger partial charge in [-0.25, -0.2) is 23.4 Å². The molecule has 2 heterocycles. The molecule has 0 aliphatic heterocycles. The number of anilines is 3. The molecule has 0 atom stereocenters. The number of ether oxygens (including phenoxy) is 1. The van der Waals surface area contributed by atoms with E-state index in [2.05, 4.69) is 30.0 Å². The summed E-state index contributed by atoms with van der Waals surface area (Å²) in [7, 11) is 0.305. The van der Waals surface area contributed by atoms with Crippen LogP contribution in [0.4, 0.5) is 17.6 Å². The molecule has 0 aliphatic rings. The molecule has 1 aromatic carbocycles. The SMILES string of the molecule is CN(C)c1nc(CNc2ncc(Cl)cn2)cc(Oc2ccc(NS(C)(=O)=O)cc2)n1. The molecule has 0 radical (unpaired) electrons. The Hall–Kier alpha value is -3.18. The number of rotatable bonds is 8. The molecule has 158 valence electrons.